The number of carbonyl (C=O) groups is 2. The maximum Gasteiger partial charge on any atom is 0.396 e. The number of nitro benzene ring substituents is 2. The molecule has 0 saturated heterocycles. The molecule has 0 fully saturated rings. The van der Waals surface area contributed by atoms with E-state index in [0.29, 0.717) is 0 Å². The second-order valence-corrected chi connectivity index (χ2v) is 5.61. The van der Waals surface area contributed by atoms with E-state index in [1.807, 2.05) is 0 Å². The van der Waals surface area contributed by atoms with Crippen LogP contribution in [0.1, 0.15) is 0 Å². The van der Waals surface area contributed by atoms with E-state index in [2.05, 4.69) is 0 Å². The molecule has 14 heteroatoms. The fourth-order valence-corrected chi connectivity index (χ4v) is 2.16. The highest BCUT2D eigenvalue weighted by atomic mass is 19.3. The number of carbonyl (C=O) groups excluding carboxylic acids is 2. The van der Waals surface area contributed by atoms with Crippen molar-refractivity contribution >= 4 is 34.6 Å². The summed E-state index contributed by atoms with van der Waals surface area (Å²) in [4.78, 5) is 43.1. The molecule has 0 saturated carbocycles. The lowest BCUT2D eigenvalue weighted by Crippen LogP contribution is -2.56. The van der Waals surface area contributed by atoms with Gasteiger partial charge in [-0.3, -0.25) is 29.8 Å². The Morgan fingerprint density at radius 3 is 1.30 bits per heavy atom. The topological polar surface area (TPSA) is 144 Å². The SMILES string of the molecule is O=C(Nc1ccccc1[N+](=O)[O-])C(F)(F)C(F)(F)C(=O)Nc1ccccc1[N+](=O)[O-]. The molecule has 0 spiro atoms. The van der Waals surface area contributed by atoms with Gasteiger partial charge in [0.15, 0.2) is 0 Å². The molecule has 2 aromatic carbocycles. The smallest absolute Gasteiger partial charge is 0.315 e. The van der Waals surface area contributed by atoms with Gasteiger partial charge in [0.1, 0.15) is 11.4 Å². The molecule has 30 heavy (non-hydrogen) atoms. The third-order valence-electron chi connectivity index (χ3n) is 3.66. The van der Waals surface area contributed by atoms with Crippen molar-refractivity contribution in [2.45, 2.75) is 11.8 Å². The van der Waals surface area contributed by atoms with Crippen LogP contribution >= 0.6 is 0 Å². The Labute approximate surface area is 163 Å². The Hall–Kier alpha value is -4.10. The molecule has 2 N–H and O–H groups in total. The number of hydrogen-bond acceptors (Lipinski definition) is 6. The van der Waals surface area contributed by atoms with E-state index in [1.54, 1.807) is 0 Å². The second-order valence-electron chi connectivity index (χ2n) is 5.61. The van der Waals surface area contributed by atoms with Crippen molar-refractivity contribution in [3.05, 3.63) is 68.8 Å². The highest BCUT2D eigenvalue weighted by Gasteiger charge is 2.67. The summed E-state index contributed by atoms with van der Waals surface area (Å²) in [5.74, 6) is -16.7. The number of hydrogen-bond donors (Lipinski definition) is 2. The van der Waals surface area contributed by atoms with E-state index in [-0.39, 0.29) is 0 Å². The number of benzene rings is 2. The first kappa shape index (κ1) is 22.2. The van der Waals surface area contributed by atoms with Gasteiger partial charge in [0.25, 0.3) is 11.4 Å². The van der Waals surface area contributed by atoms with E-state index in [9.17, 15) is 47.4 Å². The molecule has 0 bridgehead atoms. The van der Waals surface area contributed by atoms with Crippen LogP contribution in [0.5, 0.6) is 0 Å². The Morgan fingerprint density at radius 2 is 1.00 bits per heavy atom. The first-order valence-corrected chi connectivity index (χ1v) is 7.75. The van der Waals surface area contributed by atoms with Crippen LogP contribution in [0.25, 0.3) is 0 Å². The van der Waals surface area contributed by atoms with Gasteiger partial charge in [-0.05, 0) is 12.1 Å². The zero-order chi connectivity index (χ0) is 22.7. The van der Waals surface area contributed by atoms with E-state index < -0.39 is 56.3 Å². The summed E-state index contributed by atoms with van der Waals surface area (Å²) in [5, 5.41) is 24.3. The Kier molecular flexibility index (Phi) is 5.99. The molecule has 0 heterocycles. The number of nitrogens with zero attached hydrogens (tertiary/aromatic N) is 2. The Bertz CT molecular complexity index is 949. The second kappa shape index (κ2) is 8.10. The lowest BCUT2D eigenvalue weighted by molar-refractivity contribution is -0.384. The van der Waals surface area contributed by atoms with Crippen molar-refractivity contribution in [2.24, 2.45) is 0 Å². The largest absolute Gasteiger partial charge is 0.396 e. The predicted octanol–water partition coefficient (Wildman–Crippen LogP) is 3.35. The van der Waals surface area contributed by atoms with Crippen LogP contribution < -0.4 is 10.6 Å². The van der Waals surface area contributed by atoms with Gasteiger partial charge in [0, 0.05) is 12.1 Å². The van der Waals surface area contributed by atoms with Gasteiger partial charge in [-0.1, -0.05) is 24.3 Å². The first-order chi connectivity index (χ1) is 13.9. The maximum absolute atomic E-state index is 14.1. The molecule has 0 aliphatic heterocycles. The summed E-state index contributed by atoms with van der Waals surface area (Å²) in [7, 11) is 0. The normalized spacial score (nSPS) is 11.5. The first-order valence-electron chi connectivity index (χ1n) is 7.75. The minimum absolute atomic E-state index is 0.804. The van der Waals surface area contributed by atoms with Gasteiger partial charge in [-0.2, -0.15) is 17.6 Å². The molecule has 0 aliphatic carbocycles. The lowest BCUT2D eigenvalue weighted by Gasteiger charge is -2.24. The molecule has 0 radical (unpaired) electrons. The summed E-state index contributed by atoms with van der Waals surface area (Å²) in [5.41, 5.74) is -3.31. The van der Waals surface area contributed by atoms with Gasteiger partial charge in [-0.25, -0.2) is 0 Å². The van der Waals surface area contributed by atoms with Crippen LogP contribution in [-0.4, -0.2) is 33.5 Å². The Balaban J connectivity index is 2.29. The minimum atomic E-state index is -5.66. The maximum atomic E-state index is 14.1. The van der Waals surface area contributed by atoms with E-state index in [4.69, 9.17) is 0 Å². The van der Waals surface area contributed by atoms with Gasteiger partial charge in [0.05, 0.1) is 9.85 Å². The number of amides is 2. The molecule has 0 unspecified atom stereocenters. The van der Waals surface area contributed by atoms with E-state index >= 15 is 0 Å². The standard InChI is InChI=1S/C16H10F4N4O6/c17-15(18,13(25)21-9-5-1-3-7-11(9)23(27)28)16(19,20)14(26)22-10-6-2-4-8-12(10)24(29)30/h1-8H,(H,21,25)(H,22,26). The number of rotatable bonds is 7. The monoisotopic (exact) mass is 430 g/mol. The minimum Gasteiger partial charge on any atom is -0.315 e. The number of nitro groups is 2. The third-order valence-corrected chi connectivity index (χ3v) is 3.66. The van der Waals surface area contributed by atoms with Crippen molar-refractivity contribution in [2.75, 3.05) is 10.6 Å². The van der Waals surface area contributed by atoms with E-state index in [0.717, 1.165) is 48.5 Å². The fraction of sp³-hybridized carbons (Fsp3) is 0.125. The molecule has 10 nitrogen and oxygen atoms in total. The Morgan fingerprint density at radius 1 is 0.700 bits per heavy atom. The summed E-state index contributed by atoms with van der Waals surface area (Å²) in [6.07, 6.45) is 0. The molecular weight excluding hydrogens is 420 g/mol. The molecule has 2 aromatic rings. The van der Waals surface area contributed by atoms with Gasteiger partial charge in [-0.15, -0.1) is 0 Å². The van der Waals surface area contributed by atoms with Gasteiger partial charge >= 0.3 is 23.7 Å². The molecule has 0 aliphatic rings. The summed E-state index contributed by atoms with van der Waals surface area (Å²) in [6.45, 7) is 0. The van der Waals surface area contributed by atoms with Crippen LogP contribution in [-0.2, 0) is 9.59 Å². The number of halogens is 4. The zero-order valence-corrected chi connectivity index (χ0v) is 14.5. The molecule has 2 rings (SSSR count). The highest BCUT2D eigenvalue weighted by Crippen LogP contribution is 2.38. The highest BCUT2D eigenvalue weighted by molar-refractivity contribution is 6.06. The fourth-order valence-electron chi connectivity index (χ4n) is 2.16. The molecule has 0 atom stereocenters. The van der Waals surface area contributed by atoms with Crippen LogP contribution in [0.3, 0.4) is 0 Å². The predicted molar refractivity (Wildman–Crippen MR) is 93.3 cm³/mol. The van der Waals surface area contributed by atoms with Gasteiger partial charge < -0.3 is 10.6 Å². The lowest BCUT2D eigenvalue weighted by atomic mass is 10.1. The van der Waals surface area contributed by atoms with Crippen molar-refractivity contribution in [3.63, 3.8) is 0 Å². The van der Waals surface area contributed by atoms with Crippen molar-refractivity contribution < 1.29 is 37.0 Å². The summed E-state index contributed by atoms with van der Waals surface area (Å²) in [6, 6.07) is 7.79. The number of anilines is 2. The summed E-state index contributed by atoms with van der Waals surface area (Å²) >= 11 is 0. The average molecular weight is 430 g/mol. The van der Waals surface area contributed by atoms with Crippen LogP contribution in [0.4, 0.5) is 40.3 Å². The van der Waals surface area contributed by atoms with Crippen molar-refractivity contribution in [1.82, 2.24) is 0 Å². The zero-order valence-electron chi connectivity index (χ0n) is 14.5. The van der Waals surface area contributed by atoms with Crippen LogP contribution in [0, 0.1) is 20.2 Å². The average Bonchev–Trinajstić information content (AvgIpc) is 2.68. The van der Waals surface area contributed by atoms with Crippen molar-refractivity contribution in [1.29, 1.82) is 0 Å². The molecule has 2 amide bonds. The number of alkyl halides is 4. The molecule has 158 valence electrons. The quantitative estimate of drug-likeness (QED) is 0.392. The molecular formula is C16H10F4N4O6. The van der Waals surface area contributed by atoms with Gasteiger partial charge in [0.2, 0.25) is 0 Å². The summed E-state index contributed by atoms with van der Waals surface area (Å²) < 4.78 is 56.4. The van der Waals surface area contributed by atoms with Crippen LogP contribution in [0.2, 0.25) is 0 Å². The van der Waals surface area contributed by atoms with Crippen molar-refractivity contribution in [3.8, 4) is 0 Å². The van der Waals surface area contributed by atoms with Crippen LogP contribution in [0.15, 0.2) is 48.5 Å². The number of nitrogens with one attached hydrogen (secondary N) is 2. The van der Waals surface area contributed by atoms with E-state index in [1.165, 1.54) is 10.6 Å². The third kappa shape index (κ3) is 4.16. The molecule has 0 aromatic heterocycles. The number of para-hydroxylation sites is 4.